The van der Waals surface area contributed by atoms with Crippen LogP contribution in [0.5, 0.6) is 0 Å². The number of aryl methyl sites for hydroxylation is 1. The topological polar surface area (TPSA) is 49.4 Å². The summed E-state index contributed by atoms with van der Waals surface area (Å²) in [6.45, 7) is 4.73. The summed E-state index contributed by atoms with van der Waals surface area (Å²) < 4.78 is 0. The fourth-order valence-electron chi connectivity index (χ4n) is 5.36. The lowest BCUT2D eigenvalue weighted by Gasteiger charge is -2.44. The van der Waals surface area contributed by atoms with Gasteiger partial charge < -0.3 is 10.2 Å². The Hall–Kier alpha value is -3.31. The summed E-state index contributed by atoms with van der Waals surface area (Å²) in [5, 5.41) is 3.50. The summed E-state index contributed by atoms with van der Waals surface area (Å²) in [7, 11) is 0. The Morgan fingerprint density at radius 3 is 2.54 bits per heavy atom. The molecule has 3 atom stereocenters. The van der Waals surface area contributed by atoms with Crippen molar-refractivity contribution in [2.24, 2.45) is 0 Å². The van der Waals surface area contributed by atoms with Crippen molar-refractivity contribution < 1.29 is 9.59 Å². The van der Waals surface area contributed by atoms with Crippen molar-refractivity contribution >= 4 is 29.7 Å². The quantitative estimate of drug-likeness (QED) is 0.367. The molecule has 0 spiro atoms. The second-order valence-electron chi connectivity index (χ2n) is 10.2. The molecule has 5 rings (SSSR count). The van der Waals surface area contributed by atoms with Gasteiger partial charge in [0.25, 0.3) is 11.8 Å². The van der Waals surface area contributed by atoms with Crippen LogP contribution in [0.2, 0.25) is 0 Å². The lowest BCUT2D eigenvalue weighted by Crippen LogP contribution is -2.50. The minimum Gasteiger partial charge on any atom is -0.346 e. The number of hydrogen-bond donors (Lipinski definition) is 1. The molecule has 3 aromatic rings. The van der Waals surface area contributed by atoms with E-state index in [4.69, 9.17) is 0 Å². The predicted molar refractivity (Wildman–Crippen MR) is 152 cm³/mol. The van der Waals surface area contributed by atoms with Crippen molar-refractivity contribution in [1.82, 2.24) is 10.2 Å². The number of benzene rings is 3. The molecule has 4 nitrogen and oxygen atoms in total. The maximum Gasteiger partial charge on any atom is 0.260 e. The van der Waals surface area contributed by atoms with Crippen molar-refractivity contribution in [1.29, 1.82) is 0 Å². The van der Waals surface area contributed by atoms with E-state index in [2.05, 4.69) is 41.4 Å². The molecule has 1 aliphatic carbocycles. The maximum atomic E-state index is 13.7. The average molecular weight is 511 g/mol. The van der Waals surface area contributed by atoms with E-state index in [1.54, 1.807) is 11.8 Å². The molecule has 0 aromatic heterocycles. The highest BCUT2D eigenvalue weighted by atomic mass is 32.2. The number of amides is 2. The number of carbonyl (C=O) groups is 2. The first-order valence-electron chi connectivity index (χ1n) is 13.2. The SMILES string of the molecule is Cc1cccc(CN2C(=O)/C(=C\c3ccc(C(=O)NC(C)c4ccccc4)cc3)SC3CCCCC32)c1. The van der Waals surface area contributed by atoms with Gasteiger partial charge in [0.15, 0.2) is 0 Å². The Balaban J connectivity index is 1.32. The Bertz CT molecular complexity index is 1290. The highest BCUT2D eigenvalue weighted by Crippen LogP contribution is 2.42. The molecule has 190 valence electrons. The lowest BCUT2D eigenvalue weighted by molar-refractivity contribution is -0.130. The van der Waals surface area contributed by atoms with E-state index >= 15 is 0 Å². The molecule has 0 radical (unpaired) electrons. The maximum absolute atomic E-state index is 13.7. The minimum atomic E-state index is -0.104. The van der Waals surface area contributed by atoms with Crippen molar-refractivity contribution in [3.8, 4) is 0 Å². The van der Waals surface area contributed by atoms with E-state index < -0.39 is 0 Å². The Morgan fingerprint density at radius 1 is 1.03 bits per heavy atom. The minimum absolute atomic E-state index is 0.0745. The number of hydrogen-bond acceptors (Lipinski definition) is 3. The molecule has 1 N–H and O–H groups in total. The van der Waals surface area contributed by atoms with E-state index in [1.807, 2.05) is 67.6 Å². The first kappa shape index (κ1) is 25.3. The van der Waals surface area contributed by atoms with Crippen molar-refractivity contribution in [2.45, 2.75) is 63.4 Å². The Morgan fingerprint density at radius 2 is 1.78 bits per heavy atom. The van der Waals surface area contributed by atoms with Crippen LogP contribution in [0.25, 0.3) is 6.08 Å². The molecule has 1 heterocycles. The van der Waals surface area contributed by atoms with Crippen molar-refractivity contribution in [2.75, 3.05) is 0 Å². The molecule has 37 heavy (non-hydrogen) atoms. The number of nitrogens with one attached hydrogen (secondary N) is 1. The normalized spacial score (nSPS) is 21.4. The summed E-state index contributed by atoms with van der Waals surface area (Å²) in [6, 6.07) is 26.2. The van der Waals surface area contributed by atoms with Crippen LogP contribution in [0.3, 0.4) is 0 Å². The molecular weight excluding hydrogens is 476 g/mol. The van der Waals surface area contributed by atoms with E-state index in [0.29, 0.717) is 23.4 Å². The molecule has 1 aliphatic heterocycles. The van der Waals surface area contributed by atoms with Gasteiger partial charge in [-0.2, -0.15) is 0 Å². The van der Waals surface area contributed by atoms with Gasteiger partial charge in [0.1, 0.15) is 0 Å². The summed E-state index contributed by atoms with van der Waals surface area (Å²) in [6.07, 6.45) is 6.62. The first-order chi connectivity index (χ1) is 18.0. The number of nitrogens with zero attached hydrogens (tertiary/aromatic N) is 1. The molecule has 2 amide bonds. The molecule has 3 aromatic carbocycles. The van der Waals surface area contributed by atoms with Crippen LogP contribution < -0.4 is 5.32 Å². The lowest BCUT2D eigenvalue weighted by atomic mass is 9.92. The van der Waals surface area contributed by atoms with E-state index in [1.165, 1.54) is 24.0 Å². The van der Waals surface area contributed by atoms with Gasteiger partial charge in [-0.3, -0.25) is 9.59 Å². The van der Waals surface area contributed by atoms with Crippen LogP contribution in [-0.2, 0) is 11.3 Å². The van der Waals surface area contributed by atoms with Crippen molar-refractivity contribution in [3.63, 3.8) is 0 Å². The van der Waals surface area contributed by atoms with E-state index in [-0.39, 0.29) is 17.9 Å². The average Bonchev–Trinajstić information content (AvgIpc) is 2.92. The van der Waals surface area contributed by atoms with Gasteiger partial charge in [-0.15, -0.1) is 11.8 Å². The molecule has 5 heteroatoms. The van der Waals surface area contributed by atoms with Crippen LogP contribution in [0.15, 0.2) is 83.8 Å². The summed E-state index contributed by atoms with van der Waals surface area (Å²) in [5.41, 5.74) is 5.02. The van der Waals surface area contributed by atoms with Crippen LogP contribution >= 0.6 is 11.8 Å². The number of fused-ring (bicyclic) bond motifs is 1. The standard InChI is InChI=1S/C32H34N2O2S/c1-22-9-8-10-25(19-22)21-34-28-13-6-7-14-29(28)37-30(32(34)36)20-24-15-17-27(18-16-24)31(35)33-23(2)26-11-4-3-5-12-26/h3-5,8-12,15-20,23,28-29H,6-7,13-14,21H2,1-2H3,(H,33,35)/b30-20+. The molecule has 1 saturated carbocycles. The Kier molecular flexibility index (Phi) is 7.80. The fraction of sp³-hybridized carbons (Fsp3) is 0.312. The highest BCUT2D eigenvalue weighted by Gasteiger charge is 2.40. The smallest absolute Gasteiger partial charge is 0.260 e. The zero-order chi connectivity index (χ0) is 25.8. The van der Waals surface area contributed by atoms with Gasteiger partial charge in [-0.1, -0.05) is 85.1 Å². The molecule has 1 saturated heterocycles. The van der Waals surface area contributed by atoms with Gasteiger partial charge in [0.05, 0.1) is 10.9 Å². The number of carbonyl (C=O) groups excluding carboxylic acids is 2. The zero-order valence-corrected chi connectivity index (χ0v) is 22.3. The molecule has 2 fully saturated rings. The first-order valence-corrected chi connectivity index (χ1v) is 14.1. The third-order valence-electron chi connectivity index (χ3n) is 7.37. The molecular formula is C32H34N2O2S. The van der Waals surface area contributed by atoms with E-state index in [9.17, 15) is 9.59 Å². The van der Waals surface area contributed by atoms with Gasteiger partial charge in [-0.25, -0.2) is 0 Å². The molecule has 0 bridgehead atoms. The van der Waals surface area contributed by atoms with Gasteiger partial charge >= 0.3 is 0 Å². The predicted octanol–water partition coefficient (Wildman–Crippen LogP) is 6.91. The van der Waals surface area contributed by atoms with Gasteiger partial charge in [-0.05, 0) is 61.6 Å². The monoisotopic (exact) mass is 510 g/mol. The van der Waals surface area contributed by atoms with Gasteiger partial charge in [0, 0.05) is 23.4 Å². The number of rotatable bonds is 6. The molecule has 2 aliphatic rings. The zero-order valence-electron chi connectivity index (χ0n) is 21.5. The summed E-state index contributed by atoms with van der Waals surface area (Å²) in [4.78, 5) is 29.4. The highest BCUT2D eigenvalue weighted by molar-refractivity contribution is 8.04. The van der Waals surface area contributed by atoms with Crippen LogP contribution in [-0.4, -0.2) is 28.0 Å². The van der Waals surface area contributed by atoms with Crippen LogP contribution in [0.4, 0.5) is 0 Å². The third-order valence-corrected chi connectivity index (χ3v) is 8.77. The van der Waals surface area contributed by atoms with Crippen LogP contribution in [0.1, 0.15) is 71.3 Å². The number of thioether (sulfide) groups is 1. The molecule has 3 unspecified atom stereocenters. The largest absolute Gasteiger partial charge is 0.346 e. The van der Waals surface area contributed by atoms with E-state index in [0.717, 1.165) is 28.9 Å². The summed E-state index contributed by atoms with van der Waals surface area (Å²) >= 11 is 1.74. The second kappa shape index (κ2) is 11.4. The van der Waals surface area contributed by atoms with Gasteiger partial charge in [0.2, 0.25) is 0 Å². The summed E-state index contributed by atoms with van der Waals surface area (Å²) in [5.74, 6) is 0.0150. The van der Waals surface area contributed by atoms with Crippen LogP contribution in [0, 0.1) is 6.92 Å². The Labute approximate surface area is 224 Å². The third kappa shape index (κ3) is 5.99. The fourth-order valence-corrected chi connectivity index (χ4v) is 6.83. The second-order valence-corrected chi connectivity index (χ2v) is 11.4. The van der Waals surface area contributed by atoms with Crippen molar-refractivity contribution in [3.05, 3.63) is 112 Å².